The van der Waals surface area contributed by atoms with Crippen LogP contribution in [0.25, 0.3) is 0 Å². The Hall–Kier alpha value is -2.51. The van der Waals surface area contributed by atoms with Crippen LogP contribution < -0.4 is 10.7 Å². The van der Waals surface area contributed by atoms with Crippen LogP contribution >= 0.6 is 23.4 Å². The fourth-order valence-electron chi connectivity index (χ4n) is 3.47. The van der Waals surface area contributed by atoms with Crippen molar-refractivity contribution < 1.29 is 4.79 Å². The van der Waals surface area contributed by atoms with Gasteiger partial charge in [0.15, 0.2) is 5.82 Å². The van der Waals surface area contributed by atoms with Crippen LogP contribution in [0.15, 0.2) is 47.6 Å². The van der Waals surface area contributed by atoms with Crippen molar-refractivity contribution >= 4 is 35.0 Å². The first-order chi connectivity index (χ1) is 14.5. The van der Waals surface area contributed by atoms with Gasteiger partial charge in [0.2, 0.25) is 11.1 Å². The van der Waals surface area contributed by atoms with E-state index in [0.29, 0.717) is 10.2 Å². The summed E-state index contributed by atoms with van der Waals surface area (Å²) in [5.41, 5.74) is 7.46. The minimum atomic E-state index is -0.419. The Morgan fingerprint density at radius 3 is 2.63 bits per heavy atom. The summed E-state index contributed by atoms with van der Waals surface area (Å²) in [7, 11) is 0. The molecule has 0 spiro atoms. The van der Waals surface area contributed by atoms with E-state index in [1.807, 2.05) is 30.7 Å². The molecule has 2 heterocycles. The zero-order chi connectivity index (χ0) is 21.3. The van der Waals surface area contributed by atoms with Crippen molar-refractivity contribution in [1.29, 1.82) is 0 Å². The van der Waals surface area contributed by atoms with Gasteiger partial charge in [-0.2, -0.15) is 0 Å². The molecule has 1 amide bonds. The van der Waals surface area contributed by atoms with Crippen molar-refractivity contribution in [3.8, 4) is 0 Å². The van der Waals surface area contributed by atoms with Gasteiger partial charge >= 0.3 is 0 Å². The van der Waals surface area contributed by atoms with Gasteiger partial charge in [-0.1, -0.05) is 67.5 Å². The highest BCUT2D eigenvalue weighted by Gasteiger charge is 2.37. The van der Waals surface area contributed by atoms with Crippen molar-refractivity contribution in [2.75, 3.05) is 10.7 Å². The van der Waals surface area contributed by atoms with Gasteiger partial charge in [0.25, 0.3) is 0 Å². The van der Waals surface area contributed by atoms with Crippen LogP contribution in [0.2, 0.25) is 5.02 Å². The number of anilines is 1. The summed E-state index contributed by atoms with van der Waals surface area (Å²) in [6.07, 6.45) is 1.72. The molecule has 0 saturated carbocycles. The Kier molecular flexibility index (Phi) is 6.01. The maximum absolute atomic E-state index is 13.4. The second kappa shape index (κ2) is 8.70. The number of carbonyl (C=O) groups is 1. The van der Waals surface area contributed by atoms with E-state index in [2.05, 4.69) is 52.1 Å². The summed E-state index contributed by atoms with van der Waals surface area (Å²) in [6, 6.07) is 13.7. The fourth-order valence-corrected chi connectivity index (χ4v) is 4.74. The van der Waals surface area contributed by atoms with E-state index in [-0.39, 0.29) is 11.9 Å². The zero-order valence-corrected chi connectivity index (χ0v) is 18.7. The number of fused-ring (bicyclic) bond motifs is 1. The molecule has 4 rings (SSSR count). The first-order valence-electron chi connectivity index (χ1n) is 10.0. The average molecular weight is 442 g/mol. The topological polar surface area (TPSA) is 71.8 Å². The summed E-state index contributed by atoms with van der Waals surface area (Å²) in [5.74, 6) is 0.743. The van der Waals surface area contributed by atoms with Gasteiger partial charge in [-0.05, 0) is 42.2 Å². The standard InChI is InChI=1S/C22H24ClN5OS/c1-4-14-7-9-15(10-8-14)19-20(30-22-26-25-18(5-2)28(22)27-19)21(29)24-17-12-16(23)11-6-13(17)3/h6-12,19-20,27H,4-5H2,1-3H3,(H,24,29)/t19-,20-/m1/s1. The van der Waals surface area contributed by atoms with Crippen LogP contribution in [0.4, 0.5) is 5.69 Å². The number of thioether (sulfide) groups is 1. The SMILES string of the molecule is CCc1ccc([C@H]2Nn3c(CC)nnc3S[C@H]2C(=O)Nc2cc(Cl)ccc2C)cc1. The number of nitrogens with one attached hydrogen (secondary N) is 2. The molecule has 0 saturated heterocycles. The number of hydrogen-bond acceptors (Lipinski definition) is 5. The molecule has 2 N–H and O–H groups in total. The summed E-state index contributed by atoms with van der Waals surface area (Å²) in [5, 5.41) is 12.4. The van der Waals surface area contributed by atoms with Gasteiger partial charge in [0, 0.05) is 17.1 Å². The van der Waals surface area contributed by atoms with E-state index in [4.69, 9.17) is 11.6 Å². The van der Waals surface area contributed by atoms with Crippen LogP contribution in [0, 0.1) is 6.92 Å². The molecule has 2 atom stereocenters. The molecule has 1 aliphatic rings. The maximum atomic E-state index is 13.4. The highest BCUT2D eigenvalue weighted by Crippen LogP contribution is 2.38. The van der Waals surface area contributed by atoms with E-state index >= 15 is 0 Å². The first-order valence-corrected chi connectivity index (χ1v) is 11.3. The number of hydrogen-bond donors (Lipinski definition) is 2. The molecule has 6 nitrogen and oxygen atoms in total. The monoisotopic (exact) mass is 441 g/mol. The third kappa shape index (κ3) is 4.04. The van der Waals surface area contributed by atoms with E-state index in [1.165, 1.54) is 17.3 Å². The van der Waals surface area contributed by atoms with Gasteiger partial charge in [0.1, 0.15) is 5.25 Å². The van der Waals surface area contributed by atoms with Crippen molar-refractivity contribution in [3.05, 3.63) is 70.0 Å². The number of carbonyl (C=O) groups excluding carboxylic acids is 1. The summed E-state index contributed by atoms with van der Waals surface area (Å²) in [4.78, 5) is 13.4. The fraction of sp³-hybridized carbons (Fsp3) is 0.318. The van der Waals surface area contributed by atoms with Crippen molar-refractivity contribution in [2.45, 2.75) is 50.1 Å². The number of nitrogens with zero attached hydrogens (tertiary/aromatic N) is 3. The van der Waals surface area contributed by atoms with Gasteiger partial charge in [-0.15, -0.1) is 10.2 Å². The molecule has 30 heavy (non-hydrogen) atoms. The Morgan fingerprint density at radius 2 is 1.93 bits per heavy atom. The second-order valence-corrected chi connectivity index (χ2v) is 8.82. The normalized spacial score (nSPS) is 17.9. The van der Waals surface area contributed by atoms with Crippen LogP contribution in [0.5, 0.6) is 0 Å². The molecule has 0 fully saturated rings. The molecule has 0 radical (unpaired) electrons. The lowest BCUT2D eigenvalue weighted by Gasteiger charge is -2.33. The molecule has 2 aromatic carbocycles. The first kappa shape index (κ1) is 20.8. The van der Waals surface area contributed by atoms with Crippen molar-refractivity contribution in [3.63, 3.8) is 0 Å². The van der Waals surface area contributed by atoms with Gasteiger partial charge in [0.05, 0.1) is 6.04 Å². The predicted octanol–water partition coefficient (Wildman–Crippen LogP) is 4.76. The molecule has 1 aliphatic heterocycles. The lowest BCUT2D eigenvalue weighted by atomic mass is 10.0. The zero-order valence-electron chi connectivity index (χ0n) is 17.1. The molecule has 156 valence electrons. The van der Waals surface area contributed by atoms with E-state index in [1.54, 1.807) is 6.07 Å². The predicted molar refractivity (Wildman–Crippen MR) is 122 cm³/mol. The summed E-state index contributed by atoms with van der Waals surface area (Å²) < 4.78 is 1.90. The average Bonchev–Trinajstić information content (AvgIpc) is 3.17. The quantitative estimate of drug-likeness (QED) is 0.597. The molecule has 0 bridgehead atoms. The van der Waals surface area contributed by atoms with Crippen LogP contribution in [-0.4, -0.2) is 26.0 Å². The Balaban J connectivity index is 1.68. The largest absolute Gasteiger partial charge is 0.325 e. The van der Waals surface area contributed by atoms with E-state index in [0.717, 1.165) is 35.5 Å². The van der Waals surface area contributed by atoms with E-state index < -0.39 is 5.25 Å². The minimum Gasteiger partial charge on any atom is -0.325 e. The third-order valence-electron chi connectivity index (χ3n) is 5.28. The molecular formula is C22H24ClN5OS. The second-order valence-electron chi connectivity index (χ2n) is 7.28. The maximum Gasteiger partial charge on any atom is 0.240 e. The lowest BCUT2D eigenvalue weighted by molar-refractivity contribution is -0.116. The van der Waals surface area contributed by atoms with Crippen molar-refractivity contribution in [1.82, 2.24) is 14.9 Å². The number of aromatic nitrogens is 3. The molecule has 8 heteroatoms. The number of amides is 1. The summed E-state index contributed by atoms with van der Waals surface area (Å²) >= 11 is 7.56. The summed E-state index contributed by atoms with van der Waals surface area (Å²) in [6.45, 7) is 6.11. The highest BCUT2D eigenvalue weighted by molar-refractivity contribution is 8.00. The Morgan fingerprint density at radius 1 is 1.17 bits per heavy atom. The smallest absolute Gasteiger partial charge is 0.240 e. The third-order valence-corrected chi connectivity index (χ3v) is 6.73. The van der Waals surface area contributed by atoms with Gasteiger partial charge in [-0.3, -0.25) is 4.79 Å². The molecule has 0 aliphatic carbocycles. The van der Waals surface area contributed by atoms with E-state index in [9.17, 15) is 4.79 Å². The number of halogens is 1. The molecule has 0 unspecified atom stereocenters. The van der Waals surface area contributed by atoms with Crippen molar-refractivity contribution in [2.24, 2.45) is 0 Å². The number of aryl methyl sites for hydroxylation is 3. The van der Waals surface area contributed by atoms with Crippen LogP contribution in [0.3, 0.4) is 0 Å². The lowest BCUT2D eigenvalue weighted by Crippen LogP contribution is -2.41. The Bertz CT molecular complexity index is 1070. The molecular weight excluding hydrogens is 418 g/mol. The van der Waals surface area contributed by atoms with Crippen LogP contribution in [-0.2, 0) is 17.6 Å². The van der Waals surface area contributed by atoms with Gasteiger partial charge in [-0.25, -0.2) is 4.68 Å². The van der Waals surface area contributed by atoms with Gasteiger partial charge < -0.3 is 10.7 Å². The van der Waals surface area contributed by atoms with Crippen LogP contribution in [0.1, 0.15) is 42.4 Å². The highest BCUT2D eigenvalue weighted by atomic mass is 35.5. The Labute approximate surface area is 185 Å². The molecule has 1 aromatic heterocycles. The number of benzene rings is 2. The molecule has 3 aromatic rings. The number of rotatable bonds is 5. The minimum absolute atomic E-state index is 0.102.